The number of sulfonamides is 1. The summed E-state index contributed by atoms with van der Waals surface area (Å²) in [4.78, 5) is 2.72. The molecule has 1 N–H and O–H groups in total. The third-order valence-electron chi connectivity index (χ3n) is 3.95. The molecule has 2 rings (SSSR count). The highest BCUT2D eigenvalue weighted by Gasteiger charge is 2.29. The fourth-order valence-corrected chi connectivity index (χ4v) is 4.25. The molecule has 21 heavy (non-hydrogen) atoms. The van der Waals surface area contributed by atoms with Gasteiger partial charge >= 0.3 is 0 Å². The lowest BCUT2D eigenvalue weighted by Gasteiger charge is -2.33. The van der Waals surface area contributed by atoms with Crippen LogP contribution < -0.4 is 5.32 Å². The summed E-state index contributed by atoms with van der Waals surface area (Å²) in [6.07, 6.45) is 2.82. The first-order valence-electron chi connectivity index (χ1n) is 7.51. The summed E-state index contributed by atoms with van der Waals surface area (Å²) in [7, 11) is 0.373. The van der Waals surface area contributed by atoms with Gasteiger partial charge in [-0.25, -0.2) is 8.42 Å². The van der Waals surface area contributed by atoms with Gasteiger partial charge in [0.2, 0.25) is 10.0 Å². The minimum atomic E-state index is -3.36. The topological polar surface area (TPSA) is 57.6 Å². The first-order chi connectivity index (χ1) is 9.98. The first kappa shape index (κ1) is 16.5. The van der Waals surface area contributed by atoms with E-state index in [1.807, 2.05) is 18.7 Å². The van der Waals surface area contributed by atoms with Crippen molar-refractivity contribution in [3.05, 3.63) is 18.0 Å². The van der Waals surface area contributed by atoms with Crippen LogP contribution in [0.3, 0.4) is 0 Å². The highest BCUT2D eigenvalue weighted by atomic mass is 32.2. The number of aryl methyl sites for hydroxylation is 1. The molecule has 1 saturated heterocycles. The second-order valence-corrected chi connectivity index (χ2v) is 7.49. The Morgan fingerprint density at radius 1 is 1.24 bits per heavy atom. The molecule has 6 nitrogen and oxygen atoms in total. The van der Waals surface area contributed by atoms with Gasteiger partial charge in [-0.1, -0.05) is 6.92 Å². The first-order valence-corrected chi connectivity index (χ1v) is 8.95. The zero-order chi connectivity index (χ0) is 15.5. The molecule has 0 aliphatic carbocycles. The molecule has 0 unspecified atom stereocenters. The lowest BCUT2D eigenvalue weighted by atomic mass is 10.3. The molecule has 1 aliphatic rings. The molecule has 0 atom stereocenters. The predicted molar refractivity (Wildman–Crippen MR) is 83.7 cm³/mol. The summed E-state index contributed by atoms with van der Waals surface area (Å²) in [5, 5.41) is 3.05. The maximum atomic E-state index is 12.7. The number of piperazine rings is 1. The summed E-state index contributed by atoms with van der Waals surface area (Å²) >= 11 is 0. The number of hydrogen-bond acceptors (Lipinski definition) is 4. The standard InChI is InChI=1S/C14H26N4O2S/c1-4-5-17-6-8-18(9-7-17)21(19,20)14-10-13(11-15-2)16(3)12-14/h10,12,15H,4-9,11H2,1-3H3. The molecule has 1 aromatic rings. The maximum Gasteiger partial charge on any atom is 0.244 e. The third-order valence-corrected chi connectivity index (χ3v) is 5.81. The number of aromatic nitrogens is 1. The van der Waals surface area contributed by atoms with E-state index in [9.17, 15) is 8.42 Å². The van der Waals surface area contributed by atoms with Crippen molar-refractivity contribution < 1.29 is 8.42 Å². The van der Waals surface area contributed by atoms with E-state index in [4.69, 9.17) is 0 Å². The van der Waals surface area contributed by atoms with Gasteiger partial charge in [0.05, 0.1) is 0 Å². The normalized spacial score (nSPS) is 18.2. The van der Waals surface area contributed by atoms with Crippen molar-refractivity contribution in [1.82, 2.24) is 19.1 Å². The molecule has 0 spiro atoms. The lowest BCUT2D eigenvalue weighted by Crippen LogP contribution is -2.48. The van der Waals surface area contributed by atoms with Crippen LogP contribution in [0, 0.1) is 0 Å². The number of nitrogens with zero attached hydrogens (tertiary/aromatic N) is 3. The molecular formula is C14H26N4O2S. The van der Waals surface area contributed by atoms with Crippen molar-refractivity contribution >= 4 is 10.0 Å². The molecule has 0 radical (unpaired) electrons. The minimum absolute atomic E-state index is 0.402. The Kier molecular flexibility index (Phi) is 5.43. The fraction of sp³-hybridized carbons (Fsp3) is 0.714. The average molecular weight is 314 g/mol. The molecule has 0 amide bonds. The fourth-order valence-electron chi connectivity index (χ4n) is 2.73. The molecule has 120 valence electrons. The Morgan fingerprint density at radius 2 is 1.90 bits per heavy atom. The van der Waals surface area contributed by atoms with Crippen molar-refractivity contribution in [2.75, 3.05) is 39.8 Å². The van der Waals surface area contributed by atoms with Crippen LogP contribution in [-0.2, 0) is 23.6 Å². The van der Waals surface area contributed by atoms with E-state index in [1.54, 1.807) is 16.6 Å². The summed E-state index contributed by atoms with van der Waals surface area (Å²) in [5.41, 5.74) is 0.973. The monoisotopic (exact) mass is 314 g/mol. The lowest BCUT2D eigenvalue weighted by molar-refractivity contribution is 0.188. The molecule has 0 saturated carbocycles. The van der Waals surface area contributed by atoms with Crippen molar-refractivity contribution in [1.29, 1.82) is 0 Å². The van der Waals surface area contributed by atoms with E-state index in [0.717, 1.165) is 31.7 Å². The third kappa shape index (κ3) is 3.66. The largest absolute Gasteiger partial charge is 0.352 e. The van der Waals surface area contributed by atoms with E-state index >= 15 is 0 Å². The van der Waals surface area contributed by atoms with Crippen LogP contribution in [0.15, 0.2) is 17.2 Å². The quantitative estimate of drug-likeness (QED) is 0.829. The minimum Gasteiger partial charge on any atom is -0.352 e. The summed E-state index contributed by atoms with van der Waals surface area (Å²) in [5.74, 6) is 0. The van der Waals surface area contributed by atoms with Crippen LogP contribution >= 0.6 is 0 Å². The van der Waals surface area contributed by atoms with Gasteiger partial charge in [-0.3, -0.25) is 0 Å². The van der Waals surface area contributed by atoms with Crippen LogP contribution in [0.5, 0.6) is 0 Å². The average Bonchev–Trinajstić information content (AvgIpc) is 2.82. The van der Waals surface area contributed by atoms with Gasteiger partial charge in [-0.05, 0) is 26.1 Å². The second-order valence-electron chi connectivity index (χ2n) is 5.55. The predicted octanol–water partition coefficient (Wildman–Crippen LogP) is 0.461. The van der Waals surface area contributed by atoms with Crippen molar-refractivity contribution in [3.63, 3.8) is 0 Å². The van der Waals surface area contributed by atoms with E-state index in [2.05, 4.69) is 17.1 Å². The van der Waals surface area contributed by atoms with Crippen LogP contribution in [0.4, 0.5) is 0 Å². The van der Waals surface area contributed by atoms with Gasteiger partial charge in [0.25, 0.3) is 0 Å². The molecule has 0 bridgehead atoms. The molecule has 2 heterocycles. The van der Waals surface area contributed by atoms with Crippen LogP contribution in [0.1, 0.15) is 19.0 Å². The number of nitrogens with one attached hydrogen (secondary N) is 1. The Morgan fingerprint density at radius 3 is 2.48 bits per heavy atom. The Balaban J connectivity index is 2.10. The van der Waals surface area contributed by atoms with Gasteiger partial charge in [0, 0.05) is 51.7 Å². The molecule has 7 heteroatoms. The van der Waals surface area contributed by atoms with E-state index in [1.165, 1.54) is 0 Å². The van der Waals surface area contributed by atoms with Crippen molar-refractivity contribution in [2.45, 2.75) is 24.8 Å². The van der Waals surface area contributed by atoms with Gasteiger partial charge in [0.15, 0.2) is 0 Å². The number of rotatable bonds is 6. The molecule has 1 aromatic heterocycles. The van der Waals surface area contributed by atoms with Gasteiger partial charge in [0.1, 0.15) is 4.90 Å². The molecule has 0 aromatic carbocycles. The Hall–Kier alpha value is -0.890. The van der Waals surface area contributed by atoms with E-state index in [-0.39, 0.29) is 0 Å². The van der Waals surface area contributed by atoms with E-state index in [0.29, 0.717) is 24.5 Å². The zero-order valence-electron chi connectivity index (χ0n) is 13.2. The molecular weight excluding hydrogens is 288 g/mol. The summed E-state index contributed by atoms with van der Waals surface area (Å²) in [6.45, 7) is 6.67. The summed E-state index contributed by atoms with van der Waals surface area (Å²) in [6, 6.07) is 1.77. The smallest absolute Gasteiger partial charge is 0.244 e. The Labute approximate surface area is 127 Å². The molecule has 1 aliphatic heterocycles. The van der Waals surface area contributed by atoms with Gasteiger partial charge in [-0.15, -0.1) is 0 Å². The van der Waals surface area contributed by atoms with Crippen molar-refractivity contribution in [3.8, 4) is 0 Å². The zero-order valence-corrected chi connectivity index (χ0v) is 14.0. The number of hydrogen-bond donors (Lipinski definition) is 1. The second kappa shape index (κ2) is 6.91. The van der Waals surface area contributed by atoms with Crippen LogP contribution in [0.25, 0.3) is 0 Å². The highest BCUT2D eigenvalue weighted by molar-refractivity contribution is 7.89. The SMILES string of the molecule is CCCN1CCN(S(=O)(=O)c2cc(CNC)n(C)c2)CC1. The van der Waals surface area contributed by atoms with Gasteiger partial charge in [-0.2, -0.15) is 4.31 Å². The Bertz CT molecular complexity index is 560. The van der Waals surface area contributed by atoms with Crippen molar-refractivity contribution in [2.24, 2.45) is 7.05 Å². The van der Waals surface area contributed by atoms with Crippen LogP contribution in [-0.4, -0.2) is 62.0 Å². The van der Waals surface area contributed by atoms with Crippen LogP contribution in [0.2, 0.25) is 0 Å². The van der Waals surface area contributed by atoms with E-state index < -0.39 is 10.0 Å². The summed E-state index contributed by atoms with van der Waals surface area (Å²) < 4.78 is 28.9. The van der Waals surface area contributed by atoms with Gasteiger partial charge < -0.3 is 14.8 Å². The highest BCUT2D eigenvalue weighted by Crippen LogP contribution is 2.20. The molecule has 1 fully saturated rings. The maximum absolute atomic E-state index is 12.7.